The third kappa shape index (κ3) is 3.26. The van der Waals surface area contributed by atoms with Crippen molar-refractivity contribution < 1.29 is 4.79 Å². The van der Waals surface area contributed by atoms with Crippen molar-refractivity contribution in [1.29, 1.82) is 0 Å². The molecule has 1 amide bonds. The number of carbonyl (C=O) groups excluding carboxylic acids is 1. The Morgan fingerprint density at radius 1 is 1.12 bits per heavy atom. The summed E-state index contributed by atoms with van der Waals surface area (Å²) in [7, 11) is 0. The number of hydrogen-bond donors (Lipinski definition) is 2. The quantitative estimate of drug-likeness (QED) is 0.792. The molecule has 1 heterocycles. The van der Waals surface area contributed by atoms with Crippen molar-refractivity contribution in [3.8, 4) is 0 Å². The maximum absolute atomic E-state index is 13.0. The third-order valence-electron chi connectivity index (χ3n) is 5.42. The molecule has 25 heavy (non-hydrogen) atoms. The van der Waals surface area contributed by atoms with E-state index in [1.54, 1.807) is 6.20 Å². The number of anilines is 1. The summed E-state index contributed by atoms with van der Waals surface area (Å²) in [5, 5.41) is 6.48. The van der Waals surface area contributed by atoms with E-state index in [1.165, 1.54) is 5.56 Å². The Bertz CT molecular complexity index is 767. The number of nitrogens with zero attached hydrogens (tertiary/aromatic N) is 1. The zero-order valence-corrected chi connectivity index (χ0v) is 15.5. The minimum absolute atomic E-state index is 0.00145. The minimum atomic E-state index is -0.396. The summed E-state index contributed by atoms with van der Waals surface area (Å²) in [5.74, 6) is 0.134. The molecule has 1 aromatic carbocycles. The largest absolute Gasteiger partial charge is 0.383 e. The fourth-order valence-corrected chi connectivity index (χ4v) is 3.66. The van der Waals surface area contributed by atoms with Crippen LogP contribution in [0.3, 0.4) is 0 Å². The van der Waals surface area contributed by atoms with Crippen molar-refractivity contribution in [2.24, 2.45) is 5.41 Å². The van der Waals surface area contributed by atoms with Crippen LogP contribution in [0.5, 0.6) is 0 Å². The number of aromatic nitrogens is 1. The van der Waals surface area contributed by atoms with Crippen LogP contribution >= 0.6 is 0 Å². The van der Waals surface area contributed by atoms with Crippen LogP contribution in [0.15, 0.2) is 42.7 Å². The van der Waals surface area contributed by atoms with Gasteiger partial charge in [0.25, 0.3) is 0 Å². The molecule has 1 aliphatic carbocycles. The van der Waals surface area contributed by atoms with Crippen LogP contribution in [0.2, 0.25) is 0 Å². The molecule has 1 fully saturated rings. The lowest BCUT2D eigenvalue weighted by Gasteiger charge is -2.21. The van der Waals surface area contributed by atoms with E-state index in [-0.39, 0.29) is 11.3 Å². The summed E-state index contributed by atoms with van der Waals surface area (Å²) in [4.78, 5) is 17.0. The lowest BCUT2D eigenvalue weighted by molar-refractivity contribution is -0.124. The van der Waals surface area contributed by atoms with Crippen molar-refractivity contribution >= 4 is 11.6 Å². The Labute approximate surface area is 150 Å². The first-order valence-corrected chi connectivity index (χ1v) is 8.87. The van der Waals surface area contributed by atoms with Crippen molar-refractivity contribution in [2.75, 3.05) is 18.4 Å². The molecule has 132 valence electrons. The molecular weight excluding hydrogens is 310 g/mol. The first-order valence-electron chi connectivity index (χ1n) is 8.87. The number of pyridine rings is 1. The number of benzene rings is 1. The van der Waals surface area contributed by atoms with Gasteiger partial charge in [-0.05, 0) is 42.9 Å². The predicted octanol–water partition coefficient (Wildman–Crippen LogP) is 3.59. The number of rotatable bonds is 6. The van der Waals surface area contributed by atoms with Gasteiger partial charge in [-0.15, -0.1) is 0 Å². The molecule has 0 radical (unpaired) electrons. The van der Waals surface area contributed by atoms with Gasteiger partial charge in [-0.25, -0.2) is 0 Å². The Hall–Kier alpha value is -2.36. The molecule has 3 rings (SSSR count). The zero-order valence-electron chi connectivity index (χ0n) is 15.5. The van der Waals surface area contributed by atoms with Crippen LogP contribution in [0.25, 0.3) is 0 Å². The molecule has 0 bridgehead atoms. The number of aryl methyl sites for hydroxylation is 2. The first-order chi connectivity index (χ1) is 11.9. The van der Waals surface area contributed by atoms with Gasteiger partial charge in [-0.3, -0.25) is 9.78 Å². The molecular formula is C21H27N3O. The highest BCUT2D eigenvalue weighted by molar-refractivity contribution is 5.93. The Balaban J connectivity index is 1.61. The van der Waals surface area contributed by atoms with E-state index in [0.29, 0.717) is 13.1 Å². The van der Waals surface area contributed by atoms with Crippen molar-refractivity contribution in [2.45, 2.75) is 39.5 Å². The van der Waals surface area contributed by atoms with Gasteiger partial charge in [-0.2, -0.15) is 0 Å². The summed E-state index contributed by atoms with van der Waals surface area (Å²) in [5.41, 5.74) is 4.11. The van der Waals surface area contributed by atoms with Crippen molar-refractivity contribution in [3.63, 3.8) is 0 Å². The van der Waals surface area contributed by atoms with Crippen LogP contribution in [-0.2, 0) is 10.2 Å². The molecule has 1 unspecified atom stereocenters. The fourth-order valence-electron chi connectivity index (χ4n) is 3.66. The van der Waals surface area contributed by atoms with Crippen LogP contribution in [0.4, 0.5) is 5.69 Å². The van der Waals surface area contributed by atoms with Gasteiger partial charge in [0.05, 0.1) is 5.41 Å². The molecule has 0 spiro atoms. The summed E-state index contributed by atoms with van der Waals surface area (Å²) >= 11 is 0. The van der Waals surface area contributed by atoms with Gasteiger partial charge in [0.1, 0.15) is 0 Å². The molecule has 1 atom stereocenters. The first kappa shape index (κ1) is 17.5. The molecule has 4 nitrogen and oxygen atoms in total. The van der Waals surface area contributed by atoms with Crippen LogP contribution in [0, 0.1) is 19.3 Å². The SMILES string of the molecule is Cc1ccc(C2(C(=O)NCCNc3ccncc3C)CC2(C)C)cc1. The van der Waals surface area contributed by atoms with E-state index in [1.807, 2.05) is 19.2 Å². The van der Waals surface area contributed by atoms with Gasteiger partial charge in [0.2, 0.25) is 5.91 Å². The lowest BCUT2D eigenvalue weighted by Crippen LogP contribution is -2.39. The number of nitrogens with one attached hydrogen (secondary N) is 2. The predicted molar refractivity (Wildman–Crippen MR) is 102 cm³/mol. The van der Waals surface area contributed by atoms with E-state index in [2.05, 4.69) is 60.7 Å². The smallest absolute Gasteiger partial charge is 0.231 e. The van der Waals surface area contributed by atoms with Gasteiger partial charge in [0.15, 0.2) is 0 Å². The highest BCUT2D eigenvalue weighted by atomic mass is 16.2. The molecule has 2 N–H and O–H groups in total. The maximum Gasteiger partial charge on any atom is 0.231 e. The number of hydrogen-bond acceptors (Lipinski definition) is 3. The molecule has 1 saturated carbocycles. The Kier molecular flexibility index (Phi) is 4.55. The average molecular weight is 337 g/mol. The van der Waals surface area contributed by atoms with Crippen LogP contribution in [-0.4, -0.2) is 24.0 Å². The molecule has 1 aliphatic rings. The molecule has 2 aromatic rings. The van der Waals surface area contributed by atoms with E-state index < -0.39 is 5.41 Å². The van der Waals surface area contributed by atoms with Gasteiger partial charge in [-0.1, -0.05) is 43.7 Å². The molecule has 4 heteroatoms. The molecule has 1 aromatic heterocycles. The summed E-state index contributed by atoms with van der Waals surface area (Å²) < 4.78 is 0. The van der Waals surface area contributed by atoms with E-state index in [9.17, 15) is 4.79 Å². The zero-order chi connectivity index (χ0) is 18.1. The second-order valence-electron chi connectivity index (χ2n) is 7.71. The third-order valence-corrected chi connectivity index (χ3v) is 5.42. The van der Waals surface area contributed by atoms with Crippen LogP contribution in [0.1, 0.15) is 37.0 Å². The second-order valence-corrected chi connectivity index (χ2v) is 7.71. The number of amides is 1. The van der Waals surface area contributed by atoms with Crippen molar-refractivity contribution in [1.82, 2.24) is 10.3 Å². The van der Waals surface area contributed by atoms with Gasteiger partial charge in [0, 0.05) is 31.2 Å². The highest BCUT2D eigenvalue weighted by Crippen LogP contribution is 2.64. The van der Waals surface area contributed by atoms with E-state index >= 15 is 0 Å². The monoisotopic (exact) mass is 337 g/mol. The molecule has 0 aliphatic heterocycles. The Morgan fingerprint density at radius 2 is 1.80 bits per heavy atom. The summed E-state index contributed by atoms with van der Waals surface area (Å²) in [6, 6.07) is 10.3. The van der Waals surface area contributed by atoms with Crippen LogP contribution < -0.4 is 10.6 Å². The maximum atomic E-state index is 13.0. The summed E-state index contributed by atoms with van der Waals surface area (Å²) in [6.45, 7) is 9.73. The lowest BCUT2D eigenvalue weighted by atomic mass is 9.86. The highest BCUT2D eigenvalue weighted by Gasteiger charge is 2.66. The van der Waals surface area contributed by atoms with E-state index in [0.717, 1.165) is 23.2 Å². The van der Waals surface area contributed by atoms with E-state index in [4.69, 9.17) is 0 Å². The van der Waals surface area contributed by atoms with Gasteiger partial charge < -0.3 is 10.6 Å². The number of carbonyl (C=O) groups is 1. The van der Waals surface area contributed by atoms with Crippen molar-refractivity contribution in [3.05, 3.63) is 59.4 Å². The second kappa shape index (κ2) is 6.51. The normalized spacial score (nSPS) is 20.8. The topological polar surface area (TPSA) is 54.0 Å². The minimum Gasteiger partial charge on any atom is -0.383 e. The fraction of sp³-hybridized carbons (Fsp3) is 0.429. The average Bonchev–Trinajstić information content (AvgIpc) is 3.17. The molecule has 0 saturated heterocycles. The Morgan fingerprint density at radius 3 is 2.40 bits per heavy atom. The summed E-state index contributed by atoms with van der Waals surface area (Å²) in [6.07, 6.45) is 4.50. The van der Waals surface area contributed by atoms with Gasteiger partial charge >= 0.3 is 0 Å². The standard InChI is InChI=1S/C21H27N3O/c1-15-5-7-17(8-6-15)21(14-20(21,3)4)19(25)24-12-11-23-18-9-10-22-13-16(18)2/h5-10,13H,11-12,14H2,1-4H3,(H,22,23)(H,24,25).